The number of methoxy groups -OCH3 is 1. The molecule has 116 valence electrons. The number of hydrazone groups is 1. The van der Waals surface area contributed by atoms with Gasteiger partial charge in [0.25, 0.3) is 5.56 Å². The molecular weight excluding hydrogens is 308 g/mol. The second kappa shape index (κ2) is 6.95. The molecule has 0 aliphatic carbocycles. The molecule has 1 heterocycles. The van der Waals surface area contributed by atoms with Gasteiger partial charge in [-0.15, -0.1) is 0 Å². The highest BCUT2D eigenvalue weighted by atomic mass is 35.5. The van der Waals surface area contributed by atoms with E-state index < -0.39 is 0 Å². The van der Waals surface area contributed by atoms with Crippen molar-refractivity contribution in [2.24, 2.45) is 5.10 Å². The minimum atomic E-state index is -0.260. The van der Waals surface area contributed by atoms with Crippen LogP contribution in [0.5, 0.6) is 11.5 Å². The molecule has 0 bridgehead atoms. The van der Waals surface area contributed by atoms with E-state index in [1.54, 1.807) is 12.1 Å². The Kier molecular flexibility index (Phi) is 5.00. The van der Waals surface area contributed by atoms with Crippen LogP contribution in [0.15, 0.2) is 28.1 Å². The average molecular weight is 323 g/mol. The number of aryl methyl sites for hydroxylation is 1. The van der Waals surface area contributed by atoms with Crippen LogP contribution in [0, 0.1) is 0 Å². The van der Waals surface area contributed by atoms with Crippen molar-refractivity contribution < 1.29 is 9.84 Å². The standard InChI is InChI=1S/C14H15ClN4O3/c1-3-9-6-11(20)18-14(17-9)19-16-7-8-4-5-10(22-2)13(21)12(8)15/h4-7,21H,3H2,1-2H3,(H2,17,18,19,20)/b16-7-. The second-order valence-corrected chi connectivity index (χ2v) is 4.71. The van der Waals surface area contributed by atoms with Gasteiger partial charge in [0.1, 0.15) is 0 Å². The number of phenolic OH excluding ortho intramolecular Hbond substituents is 1. The highest BCUT2D eigenvalue weighted by Crippen LogP contribution is 2.35. The number of nitrogens with one attached hydrogen (secondary N) is 2. The van der Waals surface area contributed by atoms with E-state index in [1.807, 2.05) is 6.92 Å². The quantitative estimate of drug-likeness (QED) is 0.578. The van der Waals surface area contributed by atoms with Crippen molar-refractivity contribution in [3.8, 4) is 11.5 Å². The van der Waals surface area contributed by atoms with Gasteiger partial charge in [-0.25, -0.2) is 10.4 Å². The summed E-state index contributed by atoms with van der Waals surface area (Å²) in [7, 11) is 1.43. The zero-order chi connectivity index (χ0) is 16.1. The van der Waals surface area contributed by atoms with Crippen LogP contribution >= 0.6 is 11.6 Å². The summed E-state index contributed by atoms with van der Waals surface area (Å²) in [5.41, 5.74) is 3.50. The molecule has 8 heteroatoms. The molecular formula is C14H15ClN4O3. The Balaban J connectivity index is 2.18. The Morgan fingerprint density at radius 3 is 3.00 bits per heavy atom. The fourth-order valence-electron chi connectivity index (χ4n) is 1.73. The molecule has 7 nitrogen and oxygen atoms in total. The van der Waals surface area contributed by atoms with E-state index in [4.69, 9.17) is 16.3 Å². The Labute approximate surface area is 131 Å². The molecule has 0 aliphatic heterocycles. The van der Waals surface area contributed by atoms with E-state index in [1.165, 1.54) is 19.4 Å². The molecule has 0 aliphatic rings. The molecule has 0 radical (unpaired) electrons. The van der Waals surface area contributed by atoms with Gasteiger partial charge >= 0.3 is 0 Å². The third-order valence-electron chi connectivity index (χ3n) is 2.86. The predicted molar refractivity (Wildman–Crippen MR) is 85.1 cm³/mol. The van der Waals surface area contributed by atoms with Crippen LogP contribution in [0.3, 0.4) is 0 Å². The number of hydrogen-bond acceptors (Lipinski definition) is 6. The van der Waals surface area contributed by atoms with Crippen LogP contribution in [0.25, 0.3) is 0 Å². The first-order chi connectivity index (χ1) is 10.5. The molecule has 0 fully saturated rings. The highest BCUT2D eigenvalue weighted by molar-refractivity contribution is 6.34. The normalized spacial score (nSPS) is 10.9. The van der Waals surface area contributed by atoms with E-state index in [-0.39, 0.29) is 28.0 Å². The molecule has 2 aromatic rings. The van der Waals surface area contributed by atoms with Gasteiger partial charge in [0.05, 0.1) is 18.3 Å². The highest BCUT2D eigenvalue weighted by Gasteiger charge is 2.09. The van der Waals surface area contributed by atoms with E-state index in [2.05, 4.69) is 20.5 Å². The number of rotatable bonds is 5. The number of halogens is 1. The van der Waals surface area contributed by atoms with Gasteiger partial charge in [0.15, 0.2) is 11.5 Å². The number of H-pyrrole nitrogens is 1. The van der Waals surface area contributed by atoms with Crippen molar-refractivity contribution in [3.63, 3.8) is 0 Å². The number of aromatic nitrogens is 2. The van der Waals surface area contributed by atoms with Crippen molar-refractivity contribution >= 4 is 23.8 Å². The maximum absolute atomic E-state index is 11.4. The first-order valence-electron chi connectivity index (χ1n) is 6.50. The van der Waals surface area contributed by atoms with Gasteiger partial charge in [0, 0.05) is 17.3 Å². The molecule has 1 aromatic carbocycles. The summed E-state index contributed by atoms with van der Waals surface area (Å²) in [6.07, 6.45) is 2.04. The average Bonchev–Trinajstić information content (AvgIpc) is 2.51. The van der Waals surface area contributed by atoms with Gasteiger partial charge in [-0.2, -0.15) is 5.10 Å². The number of benzene rings is 1. The molecule has 2 rings (SSSR count). The summed E-state index contributed by atoms with van der Waals surface area (Å²) < 4.78 is 4.95. The molecule has 0 unspecified atom stereocenters. The van der Waals surface area contributed by atoms with Crippen LogP contribution in [0.4, 0.5) is 5.95 Å². The molecule has 0 saturated carbocycles. The lowest BCUT2D eigenvalue weighted by molar-refractivity contribution is 0.373. The van der Waals surface area contributed by atoms with Crippen molar-refractivity contribution in [3.05, 3.63) is 44.8 Å². The van der Waals surface area contributed by atoms with Gasteiger partial charge in [-0.3, -0.25) is 9.78 Å². The van der Waals surface area contributed by atoms with Crippen molar-refractivity contribution in [2.75, 3.05) is 12.5 Å². The summed E-state index contributed by atoms with van der Waals surface area (Å²) in [6, 6.07) is 4.64. The van der Waals surface area contributed by atoms with E-state index in [0.717, 1.165) is 0 Å². The number of ether oxygens (including phenoxy) is 1. The van der Waals surface area contributed by atoms with Crippen LogP contribution < -0.4 is 15.7 Å². The summed E-state index contributed by atoms with van der Waals surface area (Å²) >= 11 is 6.01. The van der Waals surface area contributed by atoms with Gasteiger partial charge in [-0.05, 0) is 18.6 Å². The summed E-state index contributed by atoms with van der Waals surface area (Å²) in [5.74, 6) is 0.346. The molecule has 22 heavy (non-hydrogen) atoms. The number of hydrogen-bond donors (Lipinski definition) is 3. The van der Waals surface area contributed by atoms with Gasteiger partial charge in [-0.1, -0.05) is 18.5 Å². The van der Waals surface area contributed by atoms with Crippen LogP contribution in [0.1, 0.15) is 18.2 Å². The summed E-state index contributed by atoms with van der Waals surface area (Å²) in [5, 5.41) is 13.9. The third-order valence-corrected chi connectivity index (χ3v) is 3.26. The lowest BCUT2D eigenvalue weighted by Crippen LogP contribution is -2.11. The topological polar surface area (TPSA) is 99.6 Å². The van der Waals surface area contributed by atoms with Crippen LogP contribution in [-0.2, 0) is 6.42 Å². The molecule has 3 N–H and O–H groups in total. The number of phenols is 1. The SMILES string of the molecule is CCc1cc(=O)[nH]c(N/N=C\c2ccc(OC)c(O)c2Cl)n1. The maximum Gasteiger partial charge on any atom is 0.252 e. The lowest BCUT2D eigenvalue weighted by Gasteiger charge is -2.06. The number of aromatic amines is 1. The molecule has 0 amide bonds. The fraction of sp³-hybridized carbons (Fsp3) is 0.214. The molecule has 0 spiro atoms. The van der Waals surface area contributed by atoms with E-state index in [0.29, 0.717) is 17.7 Å². The van der Waals surface area contributed by atoms with Crippen molar-refractivity contribution in [1.82, 2.24) is 9.97 Å². The Morgan fingerprint density at radius 1 is 1.55 bits per heavy atom. The Hall–Kier alpha value is -2.54. The predicted octanol–water partition coefficient (Wildman–Crippen LogP) is 2.15. The fourth-order valence-corrected chi connectivity index (χ4v) is 1.94. The first kappa shape index (κ1) is 15.8. The van der Waals surface area contributed by atoms with Gasteiger partial charge < -0.3 is 9.84 Å². The van der Waals surface area contributed by atoms with Crippen molar-refractivity contribution in [1.29, 1.82) is 0 Å². The van der Waals surface area contributed by atoms with E-state index in [9.17, 15) is 9.90 Å². The maximum atomic E-state index is 11.4. The monoisotopic (exact) mass is 322 g/mol. The minimum absolute atomic E-state index is 0.119. The third kappa shape index (κ3) is 3.56. The zero-order valence-electron chi connectivity index (χ0n) is 12.1. The number of anilines is 1. The minimum Gasteiger partial charge on any atom is -0.503 e. The molecule has 0 atom stereocenters. The largest absolute Gasteiger partial charge is 0.503 e. The zero-order valence-corrected chi connectivity index (χ0v) is 12.8. The van der Waals surface area contributed by atoms with Crippen molar-refractivity contribution in [2.45, 2.75) is 13.3 Å². The first-order valence-corrected chi connectivity index (χ1v) is 6.87. The summed E-state index contributed by atoms with van der Waals surface area (Å²) in [6.45, 7) is 1.90. The Morgan fingerprint density at radius 2 is 2.32 bits per heavy atom. The number of aromatic hydroxyl groups is 1. The molecule has 1 aromatic heterocycles. The molecule has 0 saturated heterocycles. The van der Waals surface area contributed by atoms with Crippen LogP contribution in [-0.4, -0.2) is 28.4 Å². The lowest BCUT2D eigenvalue weighted by atomic mass is 10.2. The smallest absolute Gasteiger partial charge is 0.252 e. The Bertz CT molecular complexity index is 758. The van der Waals surface area contributed by atoms with Crippen LogP contribution in [0.2, 0.25) is 5.02 Å². The van der Waals surface area contributed by atoms with Gasteiger partial charge in [0.2, 0.25) is 5.95 Å². The number of nitrogens with zero attached hydrogens (tertiary/aromatic N) is 2. The van der Waals surface area contributed by atoms with E-state index >= 15 is 0 Å². The second-order valence-electron chi connectivity index (χ2n) is 4.33. The summed E-state index contributed by atoms with van der Waals surface area (Å²) in [4.78, 5) is 18.1.